The number of rotatable bonds is 4. The van der Waals surface area contributed by atoms with Crippen molar-refractivity contribution in [2.75, 3.05) is 0 Å². The van der Waals surface area contributed by atoms with Crippen LogP contribution in [0.2, 0.25) is 17.3 Å². The van der Waals surface area contributed by atoms with Gasteiger partial charge in [-0.25, -0.2) is 0 Å². The Kier molecular flexibility index (Phi) is 7.61. The summed E-state index contributed by atoms with van der Waals surface area (Å²) in [5.41, 5.74) is 4.68. The fourth-order valence-electron chi connectivity index (χ4n) is 4.54. The van der Waals surface area contributed by atoms with Gasteiger partial charge in [-0.3, -0.25) is 0 Å². The van der Waals surface area contributed by atoms with Crippen LogP contribution in [0.5, 0.6) is 0 Å². The average molecular weight is 805 g/mol. The van der Waals surface area contributed by atoms with Crippen molar-refractivity contribution in [1.29, 1.82) is 0 Å². The van der Waals surface area contributed by atoms with Crippen molar-refractivity contribution in [2.24, 2.45) is 0 Å². The summed E-state index contributed by atoms with van der Waals surface area (Å²) in [6.07, 6.45) is 3.79. The summed E-state index contributed by atoms with van der Waals surface area (Å²) in [6, 6.07) is 32.7. The first-order valence-corrected chi connectivity index (χ1v) is 21.5. The van der Waals surface area contributed by atoms with E-state index >= 15 is 0 Å². The Morgan fingerprint density at radius 2 is 1.57 bits per heavy atom. The maximum absolute atomic E-state index is 8.25. The molecule has 0 saturated heterocycles. The van der Waals surface area contributed by atoms with Crippen LogP contribution in [0.25, 0.3) is 53.8 Å². The molecule has 0 bridgehead atoms. The second-order valence-corrected chi connectivity index (χ2v) is 22.3. The van der Waals surface area contributed by atoms with Crippen molar-refractivity contribution in [3.63, 3.8) is 0 Å². The van der Waals surface area contributed by atoms with E-state index in [4.69, 9.17) is 6.85 Å². The molecule has 0 aliphatic carbocycles. The Morgan fingerprint density at radius 1 is 0.738 bits per heavy atom. The standard InChI is InChI=1S/C23H14NS.C14H16GeN.Ir/c1-2-7-16(8-3-1)17-12-13-18-19-9-6-10-20(21-11-4-5-14-24-21)23(19)25-22(18)15-17;1-15(2,3)13-9-10-14(16-11-13)12-7-5-4-6-8-12;/h1-9,11-15H;4-7,9-11H,1-3H3;/q2*-1;/i1D,2D,3D,7D,8D;;. The van der Waals surface area contributed by atoms with E-state index in [0.717, 1.165) is 42.7 Å². The maximum Gasteiger partial charge on any atom is 0 e. The van der Waals surface area contributed by atoms with Gasteiger partial charge in [0, 0.05) is 31.0 Å². The van der Waals surface area contributed by atoms with Gasteiger partial charge in [-0.1, -0.05) is 59.9 Å². The van der Waals surface area contributed by atoms with Crippen LogP contribution in [0.15, 0.2) is 128 Å². The van der Waals surface area contributed by atoms with Crippen molar-refractivity contribution in [3.8, 4) is 33.6 Å². The molecule has 0 aliphatic heterocycles. The maximum atomic E-state index is 8.25. The molecule has 2 nitrogen and oxygen atoms in total. The summed E-state index contributed by atoms with van der Waals surface area (Å²) < 4.78 is 43.7. The van der Waals surface area contributed by atoms with Crippen molar-refractivity contribution in [1.82, 2.24) is 9.97 Å². The van der Waals surface area contributed by atoms with Gasteiger partial charge in [-0.2, -0.15) is 11.3 Å². The van der Waals surface area contributed by atoms with Gasteiger partial charge < -0.3 is 4.98 Å². The summed E-state index contributed by atoms with van der Waals surface area (Å²) in [7, 11) is 0. The molecule has 7 rings (SSSR count). The zero-order valence-electron chi connectivity index (χ0n) is 28.4. The molecule has 5 heteroatoms. The molecule has 42 heavy (non-hydrogen) atoms. The number of hydrogen-bond donors (Lipinski definition) is 0. The molecule has 0 unspecified atom stereocenters. The molecule has 3 aromatic heterocycles. The topological polar surface area (TPSA) is 25.8 Å². The Morgan fingerprint density at radius 3 is 2.26 bits per heavy atom. The normalized spacial score (nSPS) is 12.7. The molecule has 209 valence electrons. The van der Waals surface area contributed by atoms with E-state index in [0.29, 0.717) is 5.56 Å². The molecular weight excluding hydrogens is 769 g/mol. The minimum Gasteiger partial charge on any atom is 0 e. The Hall–Kier alpha value is -3.41. The number of pyridine rings is 2. The van der Waals surface area contributed by atoms with Gasteiger partial charge in [-0.05, 0) is 39.0 Å². The predicted octanol–water partition coefficient (Wildman–Crippen LogP) is 9.68. The molecule has 0 fully saturated rings. The zero-order valence-corrected chi connectivity index (χ0v) is 28.7. The van der Waals surface area contributed by atoms with E-state index < -0.39 is 13.3 Å². The average Bonchev–Trinajstić information content (AvgIpc) is 3.45. The van der Waals surface area contributed by atoms with Gasteiger partial charge in [0.1, 0.15) is 0 Å². The minimum atomic E-state index is -1.72. The van der Waals surface area contributed by atoms with Gasteiger partial charge in [0.05, 0.1) is 6.85 Å². The second kappa shape index (κ2) is 13.3. The van der Waals surface area contributed by atoms with E-state index in [-0.39, 0.29) is 55.9 Å². The number of nitrogens with zero attached hydrogens (tertiary/aromatic N) is 2. The third-order valence-electron chi connectivity index (χ3n) is 6.76. The molecule has 7 aromatic rings. The first-order chi connectivity index (χ1) is 22.0. The third kappa shape index (κ3) is 6.63. The van der Waals surface area contributed by atoms with E-state index in [1.165, 1.54) is 4.40 Å². The predicted molar refractivity (Wildman–Crippen MR) is 178 cm³/mol. The number of hydrogen-bond acceptors (Lipinski definition) is 3. The number of fused-ring (bicyclic) bond motifs is 3. The summed E-state index contributed by atoms with van der Waals surface area (Å²) in [4.78, 5) is 8.98. The van der Waals surface area contributed by atoms with E-state index in [1.54, 1.807) is 17.5 Å². The second-order valence-electron chi connectivity index (χ2n) is 10.6. The molecule has 0 aliphatic rings. The van der Waals surface area contributed by atoms with Crippen LogP contribution in [-0.2, 0) is 20.1 Å². The molecule has 0 saturated carbocycles. The number of benzene rings is 4. The van der Waals surface area contributed by atoms with Gasteiger partial charge >= 0.3 is 99.8 Å². The zero-order chi connectivity index (χ0) is 32.6. The first kappa shape index (κ1) is 24.1. The first-order valence-electron chi connectivity index (χ1n) is 15.8. The molecule has 0 amide bonds. The van der Waals surface area contributed by atoms with Crippen LogP contribution in [0.1, 0.15) is 6.85 Å². The number of aromatic nitrogens is 2. The van der Waals surface area contributed by atoms with Crippen LogP contribution in [0, 0.1) is 12.1 Å². The smallest absolute Gasteiger partial charge is 0 e. The fourth-order valence-corrected chi connectivity index (χ4v) is 7.96. The van der Waals surface area contributed by atoms with Gasteiger partial charge in [0.2, 0.25) is 0 Å². The molecule has 4 aromatic carbocycles. The Balaban J connectivity index is 0.000000217. The third-order valence-corrected chi connectivity index (χ3v) is 12.2. The van der Waals surface area contributed by atoms with E-state index in [9.17, 15) is 0 Å². The van der Waals surface area contributed by atoms with Gasteiger partial charge in [0.25, 0.3) is 0 Å². The fraction of sp³-hybridized carbons (Fsp3) is 0.0811. The molecule has 1 radical (unpaired) electrons. The summed E-state index contributed by atoms with van der Waals surface area (Å²) in [5, 5.41) is 2.14. The SMILES string of the molecule is [2H]c1c([2H])c([2H])c(-c2ccc3c(c2)sc2c(-c4ccccn4)[c-]ccc23)c([2H])c1[2H].[CH3][Ge]([CH3])([CH3])[c]1ccc(-c2[c-]cccc2)nc1.[Ir]. The number of thiophene rings is 1. The molecular formula is C37H30GeIrN2S-2. The van der Waals surface area contributed by atoms with Crippen LogP contribution in [0.3, 0.4) is 0 Å². The summed E-state index contributed by atoms with van der Waals surface area (Å²) in [5.74, 6) is 7.14. The van der Waals surface area contributed by atoms with Crippen LogP contribution in [0.4, 0.5) is 0 Å². The van der Waals surface area contributed by atoms with Crippen molar-refractivity contribution < 1.29 is 27.0 Å². The van der Waals surface area contributed by atoms with Crippen molar-refractivity contribution in [2.45, 2.75) is 17.3 Å². The quantitative estimate of drug-likeness (QED) is 0.131. The Labute approximate surface area is 275 Å². The molecule has 0 atom stereocenters. The Bertz CT molecular complexity index is 2160. The van der Waals surface area contributed by atoms with Crippen molar-refractivity contribution >= 4 is 49.2 Å². The van der Waals surface area contributed by atoms with Gasteiger partial charge in [-0.15, -0.1) is 23.8 Å². The van der Waals surface area contributed by atoms with E-state index in [1.807, 2.05) is 79.0 Å². The largest absolute Gasteiger partial charge is 0 e. The summed E-state index contributed by atoms with van der Waals surface area (Å²) >= 11 is -0.125. The van der Waals surface area contributed by atoms with Crippen LogP contribution >= 0.6 is 11.3 Å². The molecule has 3 heterocycles. The van der Waals surface area contributed by atoms with Crippen LogP contribution in [-0.4, -0.2) is 23.2 Å². The van der Waals surface area contributed by atoms with Gasteiger partial charge in [0.15, 0.2) is 0 Å². The van der Waals surface area contributed by atoms with Crippen molar-refractivity contribution in [3.05, 3.63) is 140 Å². The summed E-state index contributed by atoms with van der Waals surface area (Å²) in [6.45, 7) is 0. The minimum absolute atomic E-state index is 0. The van der Waals surface area contributed by atoms with Crippen LogP contribution < -0.4 is 4.40 Å². The van der Waals surface area contributed by atoms with E-state index in [2.05, 4.69) is 51.5 Å². The molecule has 0 spiro atoms. The monoisotopic (exact) mass is 806 g/mol. The molecule has 0 N–H and O–H groups in total.